The van der Waals surface area contributed by atoms with Gasteiger partial charge in [-0.05, 0) is 35.9 Å². The average Bonchev–Trinajstić information content (AvgIpc) is 3.01. The molecule has 0 bridgehead atoms. The van der Waals surface area contributed by atoms with Crippen LogP contribution in [-0.4, -0.2) is 5.91 Å². The van der Waals surface area contributed by atoms with Crippen LogP contribution >= 0.6 is 34.8 Å². The summed E-state index contributed by atoms with van der Waals surface area (Å²) in [6.45, 7) is 0. The molecule has 0 fully saturated rings. The smallest absolute Gasteiger partial charge is 0.254 e. The Kier molecular flexibility index (Phi) is 2.95. The van der Waals surface area contributed by atoms with Gasteiger partial charge in [0.15, 0.2) is 4.87 Å². The molecule has 0 spiro atoms. The summed E-state index contributed by atoms with van der Waals surface area (Å²) in [6, 6.07) is 10.4. The molecule has 1 aromatic heterocycles. The van der Waals surface area contributed by atoms with Gasteiger partial charge in [-0.1, -0.05) is 40.9 Å². The van der Waals surface area contributed by atoms with E-state index in [0.29, 0.717) is 26.9 Å². The number of fused-ring (bicyclic) bond motifs is 2. The van der Waals surface area contributed by atoms with E-state index in [1.165, 1.54) is 0 Å². The van der Waals surface area contributed by atoms with Gasteiger partial charge in [-0.3, -0.25) is 4.79 Å². The summed E-state index contributed by atoms with van der Waals surface area (Å²) >= 11 is 19.0. The predicted octanol–water partition coefficient (Wildman–Crippen LogP) is 5.17. The molecule has 110 valence electrons. The summed E-state index contributed by atoms with van der Waals surface area (Å²) in [6.07, 6.45) is 1.59. The van der Waals surface area contributed by atoms with Gasteiger partial charge in [0, 0.05) is 26.7 Å². The van der Waals surface area contributed by atoms with Crippen LogP contribution < -0.4 is 5.32 Å². The maximum Gasteiger partial charge on any atom is 0.254 e. The Balaban J connectivity index is 1.99. The summed E-state index contributed by atoms with van der Waals surface area (Å²) in [5, 5.41) is 4.40. The van der Waals surface area contributed by atoms with Gasteiger partial charge in [-0.2, -0.15) is 0 Å². The van der Waals surface area contributed by atoms with E-state index in [-0.39, 0.29) is 5.91 Å². The molecule has 1 atom stereocenters. The van der Waals surface area contributed by atoms with Crippen LogP contribution in [0.3, 0.4) is 0 Å². The molecule has 1 aliphatic heterocycles. The van der Waals surface area contributed by atoms with E-state index in [1.807, 2.05) is 12.1 Å². The minimum Gasteiger partial charge on any atom is -0.464 e. The molecule has 6 heteroatoms. The number of hydrogen-bond donors (Lipinski definition) is 1. The summed E-state index contributed by atoms with van der Waals surface area (Å²) in [5.41, 5.74) is 2.41. The third-order valence-corrected chi connectivity index (χ3v) is 4.91. The SMILES string of the molecule is O=C1Nc2cc(Cl)cc(Cl)c2C1(Cl)c1ccc2occc2c1. The standard InChI is InChI=1S/C16H8Cl3NO2/c17-10-6-11(18)14-12(7-10)20-15(21)16(14,19)9-1-2-13-8(5-9)3-4-22-13/h1-7H,(H,20,21). The Morgan fingerprint density at radius 3 is 2.73 bits per heavy atom. The van der Waals surface area contributed by atoms with Crippen LogP contribution in [0.25, 0.3) is 11.0 Å². The van der Waals surface area contributed by atoms with Gasteiger partial charge in [0.1, 0.15) is 5.58 Å². The van der Waals surface area contributed by atoms with E-state index in [9.17, 15) is 4.79 Å². The molecular formula is C16H8Cl3NO2. The van der Waals surface area contributed by atoms with E-state index >= 15 is 0 Å². The average molecular weight is 353 g/mol. The molecule has 2 aromatic carbocycles. The number of halogens is 3. The number of furan rings is 1. The number of hydrogen-bond acceptors (Lipinski definition) is 2. The van der Waals surface area contributed by atoms with Crippen molar-refractivity contribution in [1.29, 1.82) is 0 Å². The number of carbonyl (C=O) groups is 1. The molecule has 3 nitrogen and oxygen atoms in total. The Morgan fingerprint density at radius 1 is 1.09 bits per heavy atom. The number of alkyl halides is 1. The molecule has 1 unspecified atom stereocenters. The van der Waals surface area contributed by atoms with Crippen LogP contribution in [0, 0.1) is 0 Å². The maximum atomic E-state index is 12.5. The van der Waals surface area contributed by atoms with Crippen molar-refractivity contribution in [3.05, 3.63) is 63.8 Å². The van der Waals surface area contributed by atoms with Crippen LogP contribution in [0.5, 0.6) is 0 Å². The molecule has 0 saturated carbocycles. The molecule has 4 rings (SSSR count). The van der Waals surface area contributed by atoms with Crippen molar-refractivity contribution >= 4 is 57.4 Å². The number of carbonyl (C=O) groups excluding carboxylic acids is 1. The highest BCUT2D eigenvalue weighted by atomic mass is 35.5. The van der Waals surface area contributed by atoms with Gasteiger partial charge in [-0.25, -0.2) is 0 Å². The number of nitrogens with one attached hydrogen (secondary N) is 1. The largest absolute Gasteiger partial charge is 0.464 e. The van der Waals surface area contributed by atoms with Gasteiger partial charge >= 0.3 is 0 Å². The first-order valence-electron chi connectivity index (χ1n) is 6.48. The summed E-state index contributed by atoms with van der Waals surface area (Å²) in [5.74, 6) is -0.351. The minimum atomic E-state index is -1.39. The first-order valence-corrected chi connectivity index (χ1v) is 7.61. The van der Waals surface area contributed by atoms with Crippen molar-refractivity contribution in [2.24, 2.45) is 0 Å². The minimum absolute atomic E-state index is 0.350. The molecule has 22 heavy (non-hydrogen) atoms. The third kappa shape index (κ3) is 1.80. The fraction of sp³-hybridized carbons (Fsp3) is 0.0625. The quantitative estimate of drug-likeness (QED) is 0.614. The van der Waals surface area contributed by atoms with Crippen molar-refractivity contribution in [1.82, 2.24) is 0 Å². The molecule has 1 aliphatic rings. The summed E-state index contributed by atoms with van der Waals surface area (Å²) < 4.78 is 5.32. The lowest BCUT2D eigenvalue weighted by atomic mass is 9.91. The van der Waals surface area contributed by atoms with E-state index < -0.39 is 4.87 Å². The Hall–Kier alpha value is -1.68. The van der Waals surface area contributed by atoms with E-state index in [4.69, 9.17) is 39.2 Å². The molecule has 0 saturated heterocycles. The lowest BCUT2D eigenvalue weighted by molar-refractivity contribution is -0.117. The lowest BCUT2D eigenvalue weighted by Gasteiger charge is -2.21. The molecule has 0 aliphatic carbocycles. The van der Waals surface area contributed by atoms with Crippen LogP contribution in [-0.2, 0) is 9.67 Å². The van der Waals surface area contributed by atoms with Gasteiger partial charge in [0.2, 0.25) is 0 Å². The zero-order valence-electron chi connectivity index (χ0n) is 11.0. The molecule has 2 heterocycles. The van der Waals surface area contributed by atoms with Gasteiger partial charge in [-0.15, -0.1) is 0 Å². The second-order valence-electron chi connectivity index (χ2n) is 5.10. The highest BCUT2D eigenvalue weighted by molar-refractivity contribution is 6.45. The highest BCUT2D eigenvalue weighted by Crippen LogP contribution is 2.50. The fourth-order valence-corrected chi connectivity index (χ4v) is 3.85. The topological polar surface area (TPSA) is 42.2 Å². The van der Waals surface area contributed by atoms with E-state index in [1.54, 1.807) is 30.5 Å². The predicted molar refractivity (Wildman–Crippen MR) is 87.9 cm³/mol. The molecule has 1 N–H and O–H groups in total. The third-order valence-electron chi connectivity index (χ3n) is 3.81. The second-order valence-corrected chi connectivity index (χ2v) is 6.51. The number of benzene rings is 2. The Bertz CT molecular complexity index is 934. The van der Waals surface area contributed by atoms with Crippen molar-refractivity contribution in [3.8, 4) is 0 Å². The van der Waals surface area contributed by atoms with E-state index in [2.05, 4.69) is 5.32 Å². The summed E-state index contributed by atoms with van der Waals surface area (Å²) in [4.78, 5) is 11.1. The van der Waals surface area contributed by atoms with Crippen molar-refractivity contribution in [2.75, 3.05) is 5.32 Å². The van der Waals surface area contributed by atoms with Crippen molar-refractivity contribution in [2.45, 2.75) is 4.87 Å². The van der Waals surface area contributed by atoms with E-state index in [0.717, 1.165) is 11.0 Å². The van der Waals surface area contributed by atoms with Crippen LogP contribution in [0.4, 0.5) is 5.69 Å². The molecule has 3 aromatic rings. The number of amides is 1. The normalized spacial score (nSPS) is 20.2. The Morgan fingerprint density at radius 2 is 1.91 bits per heavy atom. The van der Waals surface area contributed by atoms with Gasteiger partial charge < -0.3 is 9.73 Å². The monoisotopic (exact) mass is 351 g/mol. The highest BCUT2D eigenvalue weighted by Gasteiger charge is 2.48. The fourth-order valence-electron chi connectivity index (χ4n) is 2.80. The van der Waals surface area contributed by atoms with Crippen LogP contribution in [0.2, 0.25) is 10.0 Å². The first kappa shape index (κ1) is 13.9. The maximum absolute atomic E-state index is 12.5. The van der Waals surface area contributed by atoms with Crippen LogP contribution in [0.15, 0.2) is 47.1 Å². The molecular weight excluding hydrogens is 345 g/mol. The van der Waals surface area contributed by atoms with Crippen LogP contribution in [0.1, 0.15) is 11.1 Å². The van der Waals surface area contributed by atoms with Gasteiger partial charge in [0.05, 0.1) is 6.26 Å². The molecule has 1 amide bonds. The zero-order chi connectivity index (χ0) is 15.5. The number of rotatable bonds is 1. The first-order chi connectivity index (χ1) is 10.5. The summed E-state index contributed by atoms with van der Waals surface area (Å²) in [7, 11) is 0. The Labute approximate surface area is 140 Å². The van der Waals surface area contributed by atoms with Gasteiger partial charge in [0.25, 0.3) is 5.91 Å². The second kappa shape index (κ2) is 4.66. The zero-order valence-corrected chi connectivity index (χ0v) is 13.3. The van der Waals surface area contributed by atoms with Crippen molar-refractivity contribution < 1.29 is 9.21 Å². The lowest BCUT2D eigenvalue weighted by Crippen LogP contribution is -2.29. The van der Waals surface area contributed by atoms with Crippen molar-refractivity contribution in [3.63, 3.8) is 0 Å². The molecule has 0 radical (unpaired) electrons. The number of anilines is 1.